The second kappa shape index (κ2) is 4.29. The van der Waals surface area contributed by atoms with E-state index < -0.39 is 35.8 Å². The first kappa shape index (κ1) is 11.8. The molecule has 1 saturated carbocycles. The van der Waals surface area contributed by atoms with E-state index in [2.05, 4.69) is 0 Å². The van der Waals surface area contributed by atoms with Gasteiger partial charge in [-0.25, -0.2) is 0 Å². The molecule has 6 nitrogen and oxygen atoms in total. The van der Waals surface area contributed by atoms with Crippen LogP contribution in [0.2, 0.25) is 0 Å². The van der Waals surface area contributed by atoms with Crippen molar-refractivity contribution in [1.29, 1.82) is 0 Å². The zero-order chi connectivity index (χ0) is 12.6. The highest BCUT2D eigenvalue weighted by atomic mass is 16.4. The van der Waals surface area contributed by atoms with Crippen LogP contribution in [0, 0.1) is 5.92 Å². The molecule has 0 aromatic heterocycles. The molecule has 1 aliphatic heterocycles. The second-order valence-corrected chi connectivity index (χ2v) is 4.36. The van der Waals surface area contributed by atoms with Gasteiger partial charge in [0.15, 0.2) is 0 Å². The van der Waals surface area contributed by atoms with Gasteiger partial charge in [-0.3, -0.25) is 19.3 Å². The second-order valence-electron chi connectivity index (χ2n) is 4.36. The van der Waals surface area contributed by atoms with Gasteiger partial charge in [0.2, 0.25) is 0 Å². The summed E-state index contributed by atoms with van der Waals surface area (Å²) in [5.41, 5.74) is 0. The quantitative estimate of drug-likeness (QED) is 0.635. The van der Waals surface area contributed by atoms with Crippen molar-refractivity contribution < 1.29 is 24.6 Å². The number of carbonyl (C=O) groups is 3. The van der Waals surface area contributed by atoms with Gasteiger partial charge in [-0.05, 0) is 19.3 Å². The first-order valence-corrected chi connectivity index (χ1v) is 5.47. The Hall–Kier alpha value is -1.69. The molecule has 0 spiro atoms. The number of amides is 2. The fourth-order valence-electron chi connectivity index (χ4n) is 2.39. The van der Waals surface area contributed by atoms with Crippen molar-refractivity contribution in [2.75, 3.05) is 0 Å². The Morgan fingerprint density at radius 1 is 1.24 bits per heavy atom. The summed E-state index contributed by atoms with van der Waals surface area (Å²) < 4.78 is 0. The largest absolute Gasteiger partial charge is 0.481 e. The molecule has 92 valence electrons. The molecule has 6 heteroatoms. The smallest absolute Gasteiger partial charge is 0.306 e. The minimum Gasteiger partial charge on any atom is -0.481 e. The van der Waals surface area contributed by atoms with E-state index in [1.807, 2.05) is 0 Å². The van der Waals surface area contributed by atoms with Crippen LogP contribution in [-0.2, 0) is 14.4 Å². The lowest BCUT2D eigenvalue weighted by Gasteiger charge is -2.35. The molecule has 0 radical (unpaired) electrons. The predicted octanol–water partition coefficient (Wildman–Crippen LogP) is -0.474. The number of carboxylic acid groups (broad SMARTS) is 1. The van der Waals surface area contributed by atoms with Crippen LogP contribution in [0.5, 0.6) is 0 Å². The van der Waals surface area contributed by atoms with Gasteiger partial charge in [0, 0.05) is 12.2 Å². The van der Waals surface area contributed by atoms with Gasteiger partial charge in [0.1, 0.15) is 0 Å². The summed E-state index contributed by atoms with van der Waals surface area (Å²) in [7, 11) is 0. The molecule has 2 rings (SSSR count). The van der Waals surface area contributed by atoms with Crippen LogP contribution in [0.1, 0.15) is 19.3 Å². The number of rotatable bonds is 2. The van der Waals surface area contributed by atoms with E-state index >= 15 is 0 Å². The molecule has 3 unspecified atom stereocenters. The molecule has 2 amide bonds. The fraction of sp³-hybridized carbons (Fsp3) is 0.545. The highest BCUT2D eigenvalue weighted by Crippen LogP contribution is 2.29. The molecule has 0 aromatic carbocycles. The molecule has 2 N–H and O–H groups in total. The van der Waals surface area contributed by atoms with Crippen LogP contribution in [-0.4, -0.2) is 45.0 Å². The molecule has 3 atom stereocenters. The monoisotopic (exact) mass is 239 g/mol. The number of aliphatic carboxylic acids is 1. The fourth-order valence-corrected chi connectivity index (χ4v) is 2.39. The summed E-state index contributed by atoms with van der Waals surface area (Å²) >= 11 is 0. The standard InChI is InChI=1S/C11H13NO5/c13-8-5-6(11(16)17)1-2-7(8)12-9(14)3-4-10(12)15/h3-4,6-8,13H,1-2,5H2,(H,16,17). The van der Waals surface area contributed by atoms with Crippen molar-refractivity contribution in [3.63, 3.8) is 0 Å². The Morgan fingerprint density at radius 2 is 1.82 bits per heavy atom. The molecule has 0 bridgehead atoms. The predicted molar refractivity (Wildman–Crippen MR) is 55.8 cm³/mol. The average Bonchev–Trinajstić information content (AvgIpc) is 2.59. The van der Waals surface area contributed by atoms with E-state index in [1.165, 1.54) is 12.2 Å². The zero-order valence-electron chi connectivity index (χ0n) is 9.07. The van der Waals surface area contributed by atoms with Crippen LogP contribution >= 0.6 is 0 Å². The van der Waals surface area contributed by atoms with Gasteiger partial charge in [0.25, 0.3) is 11.8 Å². The normalized spacial score (nSPS) is 33.2. The molecule has 0 saturated heterocycles. The van der Waals surface area contributed by atoms with E-state index in [9.17, 15) is 19.5 Å². The van der Waals surface area contributed by atoms with Crippen LogP contribution in [0.25, 0.3) is 0 Å². The molecule has 1 fully saturated rings. The summed E-state index contributed by atoms with van der Waals surface area (Å²) in [5.74, 6) is -2.41. The van der Waals surface area contributed by atoms with Gasteiger partial charge < -0.3 is 10.2 Å². The molecular formula is C11H13NO5. The van der Waals surface area contributed by atoms with Crippen molar-refractivity contribution in [3.05, 3.63) is 12.2 Å². The number of aliphatic hydroxyl groups excluding tert-OH is 1. The third-order valence-corrected chi connectivity index (χ3v) is 3.31. The molecule has 1 heterocycles. The zero-order valence-corrected chi connectivity index (χ0v) is 9.07. The van der Waals surface area contributed by atoms with Gasteiger partial charge >= 0.3 is 5.97 Å². The number of carboxylic acids is 1. The van der Waals surface area contributed by atoms with Crippen molar-refractivity contribution in [2.24, 2.45) is 5.92 Å². The maximum Gasteiger partial charge on any atom is 0.306 e. The van der Waals surface area contributed by atoms with Crippen molar-refractivity contribution >= 4 is 17.8 Å². The summed E-state index contributed by atoms with van der Waals surface area (Å²) in [6, 6.07) is -0.597. The van der Waals surface area contributed by atoms with Crippen molar-refractivity contribution in [3.8, 4) is 0 Å². The summed E-state index contributed by atoms with van der Waals surface area (Å²) in [4.78, 5) is 34.7. The molecule has 1 aliphatic carbocycles. The Morgan fingerprint density at radius 3 is 2.29 bits per heavy atom. The Balaban J connectivity index is 2.07. The molecular weight excluding hydrogens is 226 g/mol. The summed E-state index contributed by atoms with van der Waals surface area (Å²) in [6.45, 7) is 0. The van der Waals surface area contributed by atoms with Crippen LogP contribution in [0.15, 0.2) is 12.2 Å². The number of carbonyl (C=O) groups excluding carboxylic acids is 2. The minimum absolute atomic E-state index is 0.0804. The van der Waals surface area contributed by atoms with Gasteiger partial charge in [0.05, 0.1) is 18.1 Å². The van der Waals surface area contributed by atoms with Gasteiger partial charge in [-0.2, -0.15) is 0 Å². The third-order valence-electron chi connectivity index (χ3n) is 3.31. The number of hydrogen-bond acceptors (Lipinski definition) is 4. The van der Waals surface area contributed by atoms with Crippen molar-refractivity contribution in [2.45, 2.75) is 31.4 Å². The summed E-state index contributed by atoms with van der Waals surface area (Å²) in [6.07, 6.45) is 2.15. The maximum atomic E-state index is 11.4. The minimum atomic E-state index is -0.961. The first-order valence-electron chi connectivity index (χ1n) is 5.47. The molecule has 2 aliphatic rings. The average molecular weight is 239 g/mol. The van der Waals surface area contributed by atoms with Crippen LogP contribution < -0.4 is 0 Å². The van der Waals surface area contributed by atoms with Crippen molar-refractivity contribution in [1.82, 2.24) is 4.90 Å². The lowest BCUT2D eigenvalue weighted by atomic mass is 9.83. The van der Waals surface area contributed by atoms with E-state index in [0.717, 1.165) is 4.90 Å². The summed E-state index contributed by atoms with van der Waals surface area (Å²) in [5, 5.41) is 18.7. The van der Waals surface area contributed by atoms with Crippen LogP contribution in [0.4, 0.5) is 0 Å². The third kappa shape index (κ3) is 2.08. The maximum absolute atomic E-state index is 11.4. The van der Waals surface area contributed by atoms with Gasteiger partial charge in [-0.1, -0.05) is 0 Å². The number of nitrogens with zero attached hydrogens (tertiary/aromatic N) is 1. The SMILES string of the molecule is O=C(O)C1CCC(N2C(=O)C=CC2=O)C(O)C1. The highest BCUT2D eigenvalue weighted by molar-refractivity contribution is 6.13. The Kier molecular flexibility index (Phi) is 2.97. The first-order chi connectivity index (χ1) is 8.00. The lowest BCUT2D eigenvalue weighted by Crippen LogP contribution is -2.50. The number of imide groups is 1. The molecule has 0 aromatic rings. The van der Waals surface area contributed by atoms with E-state index in [1.54, 1.807) is 0 Å². The van der Waals surface area contributed by atoms with Crippen LogP contribution in [0.3, 0.4) is 0 Å². The van der Waals surface area contributed by atoms with E-state index in [0.29, 0.717) is 12.8 Å². The Labute approximate surface area is 97.5 Å². The van der Waals surface area contributed by atoms with Gasteiger partial charge in [-0.15, -0.1) is 0 Å². The Bertz CT molecular complexity index is 385. The van der Waals surface area contributed by atoms with E-state index in [-0.39, 0.29) is 6.42 Å². The highest BCUT2D eigenvalue weighted by Gasteiger charge is 2.40. The topological polar surface area (TPSA) is 94.9 Å². The van der Waals surface area contributed by atoms with E-state index in [4.69, 9.17) is 5.11 Å². The number of hydrogen-bond donors (Lipinski definition) is 2. The molecule has 17 heavy (non-hydrogen) atoms. The lowest BCUT2D eigenvalue weighted by molar-refractivity contribution is -0.148. The number of aliphatic hydroxyl groups is 1.